The molecule has 0 amide bonds. The van der Waals surface area contributed by atoms with Crippen LogP contribution in [0.1, 0.15) is 5.56 Å². The maximum Gasteiger partial charge on any atom is 0.494 e. The van der Waals surface area contributed by atoms with Gasteiger partial charge in [0.05, 0.1) is 11.8 Å². The second-order valence-electron chi connectivity index (χ2n) is 4.77. The van der Waals surface area contributed by atoms with E-state index in [4.69, 9.17) is 4.74 Å². The van der Waals surface area contributed by atoms with Crippen LogP contribution in [0.5, 0.6) is 11.6 Å². The topological polar surface area (TPSA) is 109 Å². The zero-order valence-electron chi connectivity index (χ0n) is 12.6. The van der Waals surface area contributed by atoms with E-state index in [2.05, 4.69) is 4.98 Å². The van der Waals surface area contributed by atoms with Crippen LogP contribution in [-0.2, 0) is 16.2 Å². The molecule has 0 bridgehead atoms. The average molecular weight is 376 g/mol. The molecule has 0 spiro atoms. The molecule has 0 atom stereocenters. The Morgan fingerprint density at radius 3 is 2.28 bits per heavy atom. The molecular weight excluding hydrogens is 364 g/mol. The molecule has 0 aliphatic heterocycles. The molecule has 1 heterocycles. The number of sulfonamides is 1. The Balaban J connectivity index is 2.36. The van der Waals surface area contributed by atoms with Crippen LogP contribution in [0.4, 0.5) is 13.2 Å². The van der Waals surface area contributed by atoms with Crippen LogP contribution in [0.15, 0.2) is 41.4 Å². The number of aromatic nitrogens is 1. The zero-order chi connectivity index (χ0) is 18.8. The number of hydrogen-bond donors (Lipinski definition) is 3. The van der Waals surface area contributed by atoms with Crippen molar-refractivity contribution < 1.29 is 36.4 Å². The van der Waals surface area contributed by atoms with Gasteiger partial charge < -0.3 is 14.8 Å². The van der Waals surface area contributed by atoms with Crippen molar-refractivity contribution in [2.75, 3.05) is 7.05 Å². The molecular formula is C13H12BF3N2O5S. The van der Waals surface area contributed by atoms with Crippen LogP contribution >= 0.6 is 0 Å². The van der Waals surface area contributed by atoms with Crippen LogP contribution in [0.3, 0.4) is 0 Å². The van der Waals surface area contributed by atoms with E-state index in [1.54, 1.807) is 0 Å². The molecule has 2 aromatic rings. The molecule has 0 aliphatic rings. The van der Waals surface area contributed by atoms with Gasteiger partial charge in [-0.3, -0.25) is 0 Å². The van der Waals surface area contributed by atoms with Crippen molar-refractivity contribution >= 4 is 22.6 Å². The maximum atomic E-state index is 12.5. The normalized spacial score (nSPS) is 12.1. The van der Waals surface area contributed by atoms with Crippen molar-refractivity contribution in [3.63, 3.8) is 0 Å². The molecule has 2 rings (SSSR count). The first kappa shape index (κ1) is 19.2. The van der Waals surface area contributed by atoms with Gasteiger partial charge in [0.25, 0.3) is 0 Å². The minimum atomic E-state index is -4.51. The quantitative estimate of drug-likeness (QED) is 0.656. The first-order chi connectivity index (χ1) is 11.5. The summed E-state index contributed by atoms with van der Waals surface area (Å²) in [7, 11) is -4.82. The lowest BCUT2D eigenvalue weighted by atomic mass is 9.81. The van der Waals surface area contributed by atoms with Crippen LogP contribution < -0.4 is 14.9 Å². The summed E-state index contributed by atoms with van der Waals surface area (Å²) in [6.45, 7) is 0. The Labute approximate surface area is 141 Å². The van der Waals surface area contributed by atoms with Crippen LogP contribution in [0.25, 0.3) is 0 Å². The molecule has 0 fully saturated rings. The highest BCUT2D eigenvalue weighted by molar-refractivity contribution is 7.89. The monoisotopic (exact) mass is 376 g/mol. The lowest BCUT2D eigenvalue weighted by molar-refractivity contribution is -0.137. The minimum Gasteiger partial charge on any atom is -0.439 e. The van der Waals surface area contributed by atoms with Gasteiger partial charge in [-0.05, 0) is 37.4 Å². The number of nitrogens with zero attached hydrogens (tertiary/aromatic N) is 1. The second-order valence-corrected chi connectivity index (χ2v) is 6.66. The lowest BCUT2D eigenvalue weighted by Gasteiger charge is -2.12. The molecule has 0 saturated carbocycles. The molecule has 0 aliphatic carbocycles. The van der Waals surface area contributed by atoms with E-state index in [0.717, 1.165) is 43.6 Å². The fourth-order valence-electron chi connectivity index (χ4n) is 1.81. The molecule has 0 unspecified atom stereocenters. The summed E-state index contributed by atoms with van der Waals surface area (Å²) in [5, 5.41) is 18.7. The predicted octanol–water partition coefficient (Wildman–Crippen LogP) is 0.481. The number of nitrogens with one attached hydrogen (secondary N) is 1. The second kappa shape index (κ2) is 7.00. The predicted molar refractivity (Wildman–Crippen MR) is 81.8 cm³/mol. The number of benzene rings is 1. The third-order valence-electron chi connectivity index (χ3n) is 3.11. The molecule has 1 aromatic heterocycles. The maximum absolute atomic E-state index is 12.5. The number of alkyl halides is 3. The third-order valence-corrected chi connectivity index (χ3v) is 4.49. The Kier molecular flexibility index (Phi) is 5.37. The number of rotatable bonds is 5. The van der Waals surface area contributed by atoms with Crippen LogP contribution in [-0.4, -0.2) is 37.6 Å². The highest BCUT2D eigenvalue weighted by Gasteiger charge is 2.30. The van der Waals surface area contributed by atoms with Gasteiger partial charge in [-0.2, -0.15) is 13.2 Å². The van der Waals surface area contributed by atoms with Crippen molar-refractivity contribution in [2.24, 2.45) is 0 Å². The molecule has 7 nitrogen and oxygen atoms in total. The van der Waals surface area contributed by atoms with Crippen molar-refractivity contribution in [3.05, 3.63) is 42.1 Å². The van der Waals surface area contributed by atoms with E-state index in [-0.39, 0.29) is 22.0 Å². The van der Waals surface area contributed by atoms with Crippen LogP contribution in [0, 0.1) is 0 Å². The summed E-state index contributed by atoms with van der Waals surface area (Å²) < 4.78 is 68.3. The van der Waals surface area contributed by atoms with Gasteiger partial charge in [0.2, 0.25) is 15.9 Å². The molecule has 25 heavy (non-hydrogen) atoms. The smallest absolute Gasteiger partial charge is 0.439 e. The van der Waals surface area contributed by atoms with E-state index in [1.165, 1.54) is 0 Å². The van der Waals surface area contributed by atoms with Crippen molar-refractivity contribution in [1.82, 2.24) is 9.71 Å². The van der Waals surface area contributed by atoms with Gasteiger partial charge in [0.1, 0.15) is 10.6 Å². The summed E-state index contributed by atoms with van der Waals surface area (Å²) in [6.07, 6.45) is -3.59. The number of pyridine rings is 1. The van der Waals surface area contributed by atoms with E-state index >= 15 is 0 Å². The summed E-state index contributed by atoms with van der Waals surface area (Å²) >= 11 is 0. The molecule has 3 N–H and O–H groups in total. The fraction of sp³-hybridized carbons (Fsp3) is 0.154. The van der Waals surface area contributed by atoms with E-state index < -0.39 is 28.9 Å². The molecule has 0 radical (unpaired) electrons. The zero-order valence-corrected chi connectivity index (χ0v) is 13.5. The first-order valence-corrected chi connectivity index (χ1v) is 8.17. The molecule has 1 aromatic carbocycles. The highest BCUT2D eigenvalue weighted by Crippen LogP contribution is 2.31. The molecule has 12 heteroatoms. The lowest BCUT2D eigenvalue weighted by Crippen LogP contribution is -2.33. The Morgan fingerprint density at radius 2 is 1.80 bits per heavy atom. The summed E-state index contributed by atoms with van der Waals surface area (Å²) in [6, 6.07) is 4.55. The standard InChI is InChI=1S/C13H12BF3N2O5S/c1-18-25(22,23)10-6-11(14(20)21)12(19-7-10)24-9-4-2-8(3-5-9)13(15,16)17/h2-7,18,20-21H,1H3. The van der Waals surface area contributed by atoms with Gasteiger partial charge in [-0.25, -0.2) is 18.1 Å². The SMILES string of the molecule is CNS(=O)(=O)c1cnc(Oc2ccc(C(F)(F)F)cc2)c(B(O)O)c1. The summed E-state index contributed by atoms with van der Waals surface area (Å²) in [4.78, 5) is 3.36. The largest absolute Gasteiger partial charge is 0.494 e. The number of ether oxygens (including phenoxy) is 1. The molecule has 134 valence electrons. The molecule has 0 saturated heterocycles. The number of hydrogen-bond acceptors (Lipinski definition) is 6. The third kappa shape index (κ3) is 4.48. The number of halogens is 3. The Hall–Kier alpha value is -2.15. The van der Waals surface area contributed by atoms with Crippen molar-refractivity contribution in [1.29, 1.82) is 0 Å². The highest BCUT2D eigenvalue weighted by atomic mass is 32.2. The van der Waals surface area contributed by atoms with Crippen molar-refractivity contribution in [2.45, 2.75) is 11.1 Å². The summed E-state index contributed by atoms with van der Waals surface area (Å²) in [5.74, 6) is -0.406. The van der Waals surface area contributed by atoms with Gasteiger partial charge >= 0.3 is 13.3 Å². The van der Waals surface area contributed by atoms with Gasteiger partial charge in [-0.15, -0.1) is 0 Å². The average Bonchev–Trinajstić information content (AvgIpc) is 2.54. The van der Waals surface area contributed by atoms with Crippen molar-refractivity contribution in [3.8, 4) is 11.6 Å². The Morgan fingerprint density at radius 1 is 1.20 bits per heavy atom. The minimum absolute atomic E-state index is 0.0494. The fourth-order valence-corrected chi connectivity index (χ4v) is 2.52. The van der Waals surface area contributed by atoms with Gasteiger partial charge in [0, 0.05) is 5.46 Å². The van der Waals surface area contributed by atoms with Gasteiger partial charge in [-0.1, -0.05) is 0 Å². The van der Waals surface area contributed by atoms with Crippen LogP contribution in [0.2, 0.25) is 0 Å². The first-order valence-electron chi connectivity index (χ1n) is 6.69. The van der Waals surface area contributed by atoms with Gasteiger partial charge in [0.15, 0.2) is 0 Å². The van der Waals surface area contributed by atoms with E-state index in [9.17, 15) is 31.6 Å². The summed E-state index contributed by atoms with van der Waals surface area (Å²) in [5.41, 5.74) is -1.25. The van der Waals surface area contributed by atoms with E-state index in [0.29, 0.717) is 0 Å². The Bertz CT molecular complexity index is 857. The van der Waals surface area contributed by atoms with E-state index in [1.807, 2.05) is 4.72 Å².